The van der Waals surface area contributed by atoms with Crippen molar-refractivity contribution in [1.29, 1.82) is 0 Å². The fraction of sp³-hybridized carbons (Fsp3) is 0.474. The van der Waals surface area contributed by atoms with Gasteiger partial charge in [0.05, 0.1) is 4.47 Å². The molecule has 25 heavy (non-hydrogen) atoms. The molecule has 3 rings (SSSR count). The average molecular weight is 405 g/mol. The molecule has 6 heteroatoms. The maximum absolute atomic E-state index is 12.7. The van der Waals surface area contributed by atoms with Crippen LogP contribution in [-0.2, 0) is 6.42 Å². The molecule has 1 aliphatic rings. The first-order chi connectivity index (χ1) is 12.1. The number of hydrogen-bond donors (Lipinski definition) is 1. The van der Waals surface area contributed by atoms with Crippen molar-refractivity contribution < 1.29 is 4.79 Å². The largest absolute Gasteiger partial charge is 0.336 e. The van der Waals surface area contributed by atoms with Gasteiger partial charge < -0.3 is 9.80 Å². The van der Waals surface area contributed by atoms with E-state index in [0.717, 1.165) is 62.2 Å². The first kappa shape index (κ1) is 18.1. The third-order valence-electron chi connectivity index (χ3n) is 4.73. The summed E-state index contributed by atoms with van der Waals surface area (Å²) in [6, 6.07) is 10.6. The van der Waals surface area contributed by atoms with E-state index in [4.69, 9.17) is 0 Å². The van der Waals surface area contributed by atoms with Crippen LogP contribution in [0.2, 0.25) is 0 Å². The minimum absolute atomic E-state index is 0.0161. The second kappa shape index (κ2) is 8.63. The molecule has 0 atom stereocenters. The van der Waals surface area contributed by atoms with Gasteiger partial charge in [-0.1, -0.05) is 30.3 Å². The minimum atomic E-state index is 0.0161. The van der Waals surface area contributed by atoms with Crippen LogP contribution in [0.3, 0.4) is 0 Å². The molecule has 1 aliphatic heterocycles. The van der Waals surface area contributed by atoms with Crippen molar-refractivity contribution in [3.63, 3.8) is 0 Å². The van der Waals surface area contributed by atoms with Crippen molar-refractivity contribution in [1.82, 2.24) is 20.0 Å². The third kappa shape index (κ3) is 4.70. The van der Waals surface area contributed by atoms with Gasteiger partial charge in [-0.3, -0.25) is 9.89 Å². The molecule has 134 valence electrons. The number of aromatic nitrogens is 2. The third-order valence-corrected chi connectivity index (χ3v) is 5.70. The zero-order chi connectivity index (χ0) is 17.6. The van der Waals surface area contributed by atoms with Gasteiger partial charge in [-0.05, 0) is 60.8 Å². The van der Waals surface area contributed by atoms with E-state index < -0.39 is 0 Å². The zero-order valence-electron chi connectivity index (χ0n) is 14.7. The number of nitrogens with one attached hydrogen (secondary N) is 1. The molecule has 5 nitrogen and oxygen atoms in total. The number of carbonyl (C=O) groups excluding carboxylic acids is 1. The van der Waals surface area contributed by atoms with Crippen molar-refractivity contribution >= 4 is 21.8 Å². The van der Waals surface area contributed by atoms with Gasteiger partial charge in [-0.25, -0.2) is 0 Å². The van der Waals surface area contributed by atoms with Gasteiger partial charge >= 0.3 is 0 Å². The van der Waals surface area contributed by atoms with Gasteiger partial charge in [-0.15, -0.1) is 0 Å². The first-order valence-corrected chi connectivity index (χ1v) is 9.70. The van der Waals surface area contributed by atoms with E-state index in [1.165, 1.54) is 5.56 Å². The molecular weight excluding hydrogens is 380 g/mol. The number of nitrogens with zero attached hydrogens (tertiary/aromatic N) is 3. The van der Waals surface area contributed by atoms with E-state index in [1.54, 1.807) is 0 Å². The van der Waals surface area contributed by atoms with E-state index in [2.05, 4.69) is 61.4 Å². The summed E-state index contributed by atoms with van der Waals surface area (Å²) >= 11 is 3.45. The Morgan fingerprint density at radius 3 is 2.72 bits per heavy atom. The van der Waals surface area contributed by atoms with E-state index in [0.29, 0.717) is 5.69 Å². The molecule has 0 aliphatic carbocycles. The molecular formula is C19H25BrN4O. The Bertz CT molecular complexity index is 701. The number of H-pyrrole nitrogens is 1. The predicted octanol–water partition coefficient (Wildman–Crippen LogP) is 3.26. The fourth-order valence-corrected chi connectivity index (χ4v) is 3.60. The number of benzene rings is 1. The summed E-state index contributed by atoms with van der Waals surface area (Å²) in [5.41, 5.74) is 2.78. The Balaban J connectivity index is 1.48. The second-order valence-electron chi connectivity index (χ2n) is 6.59. The van der Waals surface area contributed by atoms with Crippen LogP contribution >= 0.6 is 15.9 Å². The molecule has 0 saturated carbocycles. The smallest absolute Gasteiger partial charge is 0.275 e. The SMILES string of the molecule is Cc1[nH]nc(C(=O)N2CCCN(CCCc3ccccc3)CC2)c1Br. The Morgan fingerprint density at radius 2 is 2.00 bits per heavy atom. The molecule has 1 saturated heterocycles. The van der Waals surface area contributed by atoms with Gasteiger partial charge in [0.2, 0.25) is 0 Å². The predicted molar refractivity (Wildman–Crippen MR) is 103 cm³/mol. The Kier molecular flexibility index (Phi) is 6.26. The average Bonchev–Trinajstić information content (AvgIpc) is 2.83. The van der Waals surface area contributed by atoms with Crippen LogP contribution in [0.25, 0.3) is 0 Å². The van der Waals surface area contributed by atoms with Crippen LogP contribution in [-0.4, -0.2) is 58.6 Å². The molecule has 1 amide bonds. The lowest BCUT2D eigenvalue weighted by Gasteiger charge is -2.21. The molecule has 1 aromatic heterocycles. The summed E-state index contributed by atoms with van der Waals surface area (Å²) in [5, 5.41) is 7.02. The highest BCUT2D eigenvalue weighted by Gasteiger charge is 2.24. The fourth-order valence-electron chi connectivity index (χ4n) is 3.26. The number of halogens is 1. The van der Waals surface area contributed by atoms with Gasteiger partial charge in [0.1, 0.15) is 0 Å². The first-order valence-electron chi connectivity index (χ1n) is 8.91. The number of aryl methyl sites for hydroxylation is 2. The van der Waals surface area contributed by atoms with Crippen LogP contribution in [0.5, 0.6) is 0 Å². The Morgan fingerprint density at radius 1 is 1.20 bits per heavy atom. The topological polar surface area (TPSA) is 52.2 Å². The highest BCUT2D eigenvalue weighted by Crippen LogP contribution is 2.20. The maximum atomic E-state index is 12.7. The summed E-state index contributed by atoms with van der Waals surface area (Å²) in [5.74, 6) is 0.0161. The normalized spacial score (nSPS) is 16.0. The Labute approximate surface area is 157 Å². The lowest BCUT2D eigenvalue weighted by atomic mass is 10.1. The summed E-state index contributed by atoms with van der Waals surface area (Å²) in [6.45, 7) is 6.54. The molecule has 2 heterocycles. The van der Waals surface area contributed by atoms with Crippen LogP contribution in [0, 0.1) is 6.92 Å². The molecule has 2 aromatic rings. The van der Waals surface area contributed by atoms with Crippen molar-refractivity contribution in [2.75, 3.05) is 32.7 Å². The number of amides is 1. The van der Waals surface area contributed by atoms with E-state index >= 15 is 0 Å². The van der Waals surface area contributed by atoms with Gasteiger partial charge in [0.15, 0.2) is 5.69 Å². The standard InChI is InChI=1S/C19H25BrN4O/c1-15-17(20)18(22-21-15)19(25)24-12-6-11-23(13-14-24)10-5-9-16-7-3-2-4-8-16/h2-4,7-8H,5-6,9-14H2,1H3,(H,21,22). The molecule has 1 N–H and O–H groups in total. The van der Waals surface area contributed by atoms with Crippen molar-refractivity contribution in [3.8, 4) is 0 Å². The summed E-state index contributed by atoms with van der Waals surface area (Å²) in [6.07, 6.45) is 3.28. The number of aromatic amines is 1. The minimum Gasteiger partial charge on any atom is -0.336 e. The molecule has 0 unspecified atom stereocenters. The van der Waals surface area contributed by atoms with Crippen molar-refractivity contribution in [2.24, 2.45) is 0 Å². The quantitative estimate of drug-likeness (QED) is 0.831. The van der Waals surface area contributed by atoms with Gasteiger partial charge in [-0.2, -0.15) is 5.10 Å². The molecule has 0 spiro atoms. The molecule has 1 fully saturated rings. The van der Waals surface area contributed by atoms with E-state index in [1.807, 2.05) is 11.8 Å². The maximum Gasteiger partial charge on any atom is 0.275 e. The van der Waals surface area contributed by atoms with Gasteiger partial charge in [0, 0.05) is 25.3 Å². The van der Waals surface area contributed by atoms with Crippen molar-refractivity contribution in [2.45, 2.75) is 26.2 Å². The Hall–Kier alpha value is -1.66. The van der Waals surface area contributed by atoms with E-state index in [-0.39, 0.29) is 5.91 Å². The molecule has 1 aromatic carbocycles. The highest BCUT2D eigenvalue weighted by molar-refractivity contribution is 9.10. The van der Waals surface area contributed by atoms with Crippen molar-refractivity contribution in [3.05, 3.63) is 51.8 Å². The van der Waals surface area contributed by atoms with Crippen LogP contribution in [0.15, 0.2) is 34.8 Å². The van der Waals surface area contributed by atoms with E-state index in [9.17, 15) is 4.79 Å². The number of rotatable bonds is 5. The molecule has 0 radical (unpaired) electrons. The molecule has 0 bridgehead atoms. The van der Waals surface area contributed by atoms with Crippen LogP contribution in [0.4, 0.5) is 0 Å². The second-order valence-corrected chi connectivity index (χ2v) is 7.38. The number of hydrogen-bond acceptors (Lipinski definition) is 3. The zero-order valence-corrected chi connectivity index (χ0v) is 16.3. The van der Waals surface area contributed by atoms with Crippen LogP contribution < -0.4 is 0 Å². The monoisotopic (exact) mass is 404 g/mol. The summed E-state index contributed by atoms with van der Waals surface area (Å²) in [4.78, 5) is 17.1. The number of carbonyl (C=O) groups is 1. The lowest BCUT2D eigenvalue weighted by molar-refractivity contribution is 0.0754. The summed E-state index contributed by atoms with van der Waals surface area (Å²) < 4.78 is 0.779. The highest BCUT2D eigenvalue weighted by atomic mass is 79.9. The lowest BCUT2D eigenvalue weighted by Crippen LogP contribution is -2.35. The summed E-state index contributed by atoms with van der Waals surface area (Å²) in [7, 11) is 0. The van der Waals surface area contributed by atoms with Gasteiger partial charge in [0.25, 0.3) is 5.91 Å². The van der Waals surface area contributed by atoms with Crippen LogP contribution in [0.1, 0.15) is 34.6 Å².